The van der Waals surface area contributed by atoms with Crippen LogP contribution in [0.25, 0.3) is 0 Å². The van der Waals surface area contributed by atoms with E-state index in [0.717, 1.165) is 25.5 Å². The molecule has 0 bridgehead atoms. The van der Waals surface area contributed by atoms with Crippen LogP contribution in [-0.4, -0.2) is 6.54 Å². The molecule has 4 heteroatoms. The Kier molecular flexibility index (Phi) is 6.43. The van der Waals surface area contributed by atoms with Crippen molar-refractivity contribution in [1.29, 1.82) is 0 Å². The van der Waals surface area contributed by atoms with E-state index in [1.807, 2.05) is 0 Å². The van der Waals surface area contributed by atoms with Crippen molar-refractivity contribution in [1.82, 2.24) is 5.32 Å². The van der Waals surface area contributed by atoms with Crippen molar-refractivity contribution in [3.8, 4) is 0 Å². The summed E-state index contributed by atoms with van der Waals surface area (Å²) in [6, 6.07) is 2.22. The highest BCUT2D eigenvalue weighted by atomic mass is 35.5. The van der Waals surface area contributed by atoms with E-state index in [1.54, 1.807) is 0 Å². The zero-order valence-electron chi connectivity index (χ0n) is 12.6. The molecule has 1 aromatic carbocycles. The number of nitrogens with one attached hydrogen (secondary N) is 1. The molecule has 21 heavy (non-hydrogen) atoms. The molecule has 1 fully saturated rings. The Morgan fingerprint density at radius 1 is 1.19 bits per heavy atom. The van der Waals surface area contributed by atoms with Gasteiger partial charge in [-0.2, -0.15) is 0 Å². The fourth-order valence-electron chi connectivity index (χ4n) is 3.20. The van der Waals surface area contributed by atoms with Crippen molar-refractivity contribution in [3.05, 3.63) is 34.4 Å². The Labute approximate surface area is 131 Å². The summed E-state index contributed by atoms with van der Waals surface area (Å²) in [6.45, 7) is 2.88. The summed E-state index contributed by atoms with van der Waals surface area (Å²) in [5.74, 6) is -0.350. The van der Waals surface area contributed by atoms with Crippen LogP contribution in [0.2, 0.25) is 5.02 Å². The molecule has 0 heterocycles. The van der Waals surface area contributed by atoms with Gasteiger partial charge >= 0.3 is 0 Å². The first-order chi connectivity index (χ1) is 10.1. The molecule has 118 valence electrons. The van der Waals surface area contributed by atoms with Crippen molar-refractivity contribution in [2.45, 2.75) is 57.9 Å². The number of hydrogen-bond acceptors (Lipinski definition) is 1. The molecular formula is C17H24ClF2N. The van der Waals surface area contributed by atoms with E-state index in [1.165, 1.54) is 38.2 Å². The number of rotatable bonds is 6. The van der Waals surface area contributed by atoms with Crippen LogP contribution < -0.4 is 5.32 Å². The summed E-state index contributed by atoms with van der Waals surface area (Å²) >= 11 is 5.65. The van der Waals surface area contributed by atoms with Crippen LogP contribution in [-0.2, 0) is 0 Å². The van der Waals surface area contributed by atoms with Crippen molar-refractivity contribution in [2.24, 2.45) is 5.92 Å². The smallest absolute Gasteiger partial charge is 0.142 e. The third-order valence-electron chi connectivity index (χ3n) is 4.35. The minimum atomic E-state index is -0.542. The molecule has 0 amide bonds. The maximum Gasteiger partial charge on any atom is 0.142 e. The number of hydrogen-bond donors (Lipinski definition) is 1. The number of halogens is 3. The van der Waals surface area contributed by atoms with Crippen molar-refractivity contribution in [2.75, 3.05) is 6.54 Å². The third-order valence-corrected chi connectivity index (χ3v) is 4.64. The highest BCUT2D eigenvalue weighted by Gasteiger charge is 2.23. The van der Waals surface area contributed by atoms with Crippen LogP contribution in [0.15, 0.2) is 12.1 Å². The lowest BCUT2D eigenvalue weighted by Gasteiger charge is -2.28. The Morgan fingerprint density at radius 2 is 1.90 bits per heavy atom. The van der Waals surface area contributed by atoms with Crippen LogP contribution in [0.1, 0.15) is 63.5 Å². The van der Waals surface area contributed by atoms with E-state index in [0.29, 0.717) is 11.5 Å². The van der Waals surface area contributed by atoms with Crippen LogP contribution in [0, 0.1) is 17.6 Å². The average Bonchev–Trinajstić information content (AvgIpc) is 2.48. The minimum Gasteiger partial charge on any atom is -0.310 e. The molecular weight excluding hydrogens is 292 g/mol. The van der Waals surface area contributed by atoms with E-state index in [2.05, 4.69) is 12.2 Å². The second-order valence-corrected chi connectivity index (χ2v) is 6.44. The largest absolute Gasteiger partial charge is 0.310 e. The lowest BCUT2D eigenvalue weighted by atomic mass is 9.83. The molecule has 1 aromatic rings. The maximum atomic E-state index is 14.2. The summed E-state index contributed by atoms with van der Waals surface area (Å²) in [5, 5.41) is 3.22. The fraction of sp³-hybridized carbons (Fsp3) is 0.647. The van der Waals surface area contributed by atoms with Gasteiger partial charge in [-0.05, 0) is 37.4 Å². The Balaban J connectivity index is 2.16. The third kappa shape index (κ3) is 4.65. The zero-order valence-corrected chi connectivity index (χ0v) is 13.4. The van der Waals surface area contributed by atoms with E-state index in [4.69, 9.17) is 11.6 Å². The Morgan fingerprint density at radius 3 is 2.57 bits per heavy atom. The SMILES string of the molecule is CCCNC(CC1CCCCC1)c1cc(F)c(Cl)cc1F. The van der Waals surface area contributed by atoms with E-state index in [9.17, 15) is 8.78 Å². The van der Waals surface area contributed by atoms with Gasteiger partial charge in [0.25, 0.3) is 0 Å². The first-order valence-corrected chi connectivity index (χ1v) is 8.37. The summed E-state index contributed by atoms with van der Waals surface area (Å²) in [5.41, 5.74) is 0.413. The molecule has 1 N–H and O–H groups in total. The molecule has 0 aliphatic heterocycles. The molecule has 2 rings (SSSR count). The molecule has 1 saturated carbocycles. The zero-order chi connectivity index (χ0) is 15.2. The van der Waals surface area contributed by atoms with Gasteiger partial charge in [-0.15, -0.1) is 0 Å². The highest BCUT2D eigenvalue weighted by Crippen LogP contribution is 2.33. The van der Waals surface area contributed by atoms with Gasteiger partial charge in [0.2, 0.25) is 0 Å². The quantitative estimate of drug-likeness (QED) is 0.671. The second kappa shape index (κ2) is 8.09. The minimum absolute atomic E-state index is 0.125. The van der Waals surface area contributed by atoms with Crippen molar-refractivity contribution >= 4 is 11.6 Å². The second-order valence-electron chi connectivity index (χ2n) is 6.03. The fourth-order valence-corrected chi connectivity index (χ4v) is 3.35. The van der Waals surface area contributed by atoms with E-state index >= 15 is 0 Å². The van der Waals surface area contributed by atoms with Crippen LogP contribution in [0.5, 0.6) is 0 Å². The molecule has 1 nitrogen and oxygen atoms in total. The van der Waals surface area contributed by atoms with Gasteiger partial charge in [-0.3, -0.25) is 0 Å². The normalized spacial score (nSPS) is 17.9. The Bertz CT molecular complexity index is 458. The lowest BCUT2D eigenvalue weighted by molar-refractivity contribution is 0.296. The molecule has 0 spiro atoms. The van der Waals surface area contributed by atoms with Gasteiger partial charge in [0.15, 0.2) is 0 Å². The predicted molar refractivity (Wildman–Crippen MR) is 83.6 cm³/mol. The maximum absolute atomic E-state index is 14.2. The first kappa shape index (κ1) is 16.7. The van der Waals surface area contributed by atoms with Gasteiger partial charge < -0.3 is 5.32 Å². The van der Waals surface area contributed by atoms with Crippen molar-refractivity contribution in [3.63, 3.8) is 0 Å². The average molecular weight is 316 g/mol. The monoisotopic (exact) mass is 315 g/mol. The summed E-state index contributed by atoms with van der Waals surface area (Å²) in [7, 11) is 0. The molecule has 1 aliphatic carbocycles. The van der Waals surface area contributed by atoms with Gasteiger partial charge in [-0.1, -0.05) is 50.6 Å². The van der Waals surface area contributed by atoms with Crippen LogP contribution >= 0.6 is 11.6 Å². The van der Waals surface area contributed by atoms with Crippen LogP contribution in [0.4, 0.5) is 8.78 Å². The van der Waals surface area contributed by atoms with Gasteiger partial charge in [-0.25, -0.2) is 8.78 Å². The topological polar surface area (TPSA) is 12.0 Å². The van der Waals surface area contributed by atoms with Gasteiger partial charge in [0.1, 0.15) is 11.6 Å². The highest BCUT2D eigenvalue weighted by molar-refractivity contribution is 6.30. The summed E-state index contributed by atoms with van der Waals surface area (Å²) in [6.07, 6.45) is 8.04. The molecule has 1 unspecified atom stereocenters. The predicted octanol–water partition coefficient (Wildman–Crippen LogP) is 5.63. The molecule has 0 saturated heterocycles. The van der Waals surface area contributed by atoms with Crippen molar-refractivity contribution < 1.29 is 8.78 Å². The van der Waals surface area contributed by atoms with Gasteiger partial charge in [0, 0.05) is 11.6 Å². The molecule has 1 atom stereocenters. The Hall–Kier alpha value is -0.670. The number of benzene rings is 1. The summed E-state index contributed by atoms with van der Waals surface area (Å²) < 4.78 is 27.9. The molecule has 1 aliphatic rings. The first-order valence-electron chi connectivity index (χ1n) is 7.99. The van der Waals surface area contributed by atoms with Crippen LogP contribution in [0.3, 0.4) is 0 Å². The standard InChI is InChI=1S/C17H24ClF2N/c1-2-8-21-17(9-12-6-4-3-5-7-12)13-10-16(20)14(18)11-15(13)19/h10-12,17,21H,2-9H2,1H3. The van der Waals surface area contributed by atoms with Gasteiger partial charge in [0.05, 0.1) is 5.02 Å². The van der Waals surface area contributed by atoms with E-state index in [-0.39, 0.29) is 11.1 Å². The lowest BCUT2D eigenvalue weighted by Crippen LogP contribution is -2.26. The summed E-state index contributed by atoms with van der Waals surface area (Å²) in [4.78, 5) is 0. The molecule has 0 aromatic heterocycles. The molecule has 0 radical (unpaired) electrons. The van der Waals surface area contributed by atoms with E-state index < -0.39 is 11.6 Å².